The van der Waals surface area contributed by atoms with E-state index < -0.39 is 5.97 Å². The van der Waals surface area contributed by atoms with Gasteiger partial charge in [0.05, 0.1) is 23.9 Å². The quantitative estimate of drug-likeness (QED) is 0.786. The number of hydrogen-bond donors (Lipinski definition) is 1. The summed E-state index contributed by atoms with van der Waals surface area (Å²) in [5, 5.41) is 10.2. The van der Waals surface area contributed by atoms with Crippen LogP contribution in [0.1, 0.15) is 22.8 Å². The van der Waals surface area contributed by atoms with E-state index >= 15 is 0 Å². The smallest absolute Gasteiger partial charge is 0.336 e. The van der Waals surface area contributed by atoms with Gasteiger partial charge < -0.3 is 9.84 Å². The third-order valence-corrected chi connectivity index (χ3v) is 3.90. The lowest BCUT2D eigenvalue weighted by atomic mass is 10.0. The molecule has 116 valence electrons. The summed E-state index contributed by atoms with van der Waals surface area (Å²) in [6.45, 7) is 2.04. The molecule has 4 heteroatoms. The van der Waals surface area contributed by atoms with Crippen molar-refractivity contribution in [2.24, 2.45) is 0 Å². The highest BCUT2D eigenvalue weighted by atomic mass is 16.5. The van der Waals surface area contributed by atoms with Crippen LogP contribution in [0.3, 0.4) is 0 Å². The molecule has 3 aromatic rings. The van der Waals surface area contributed by atoms with Crippen LogP contribution in [0.15, 0.2) is 48.5 Å². The summed E-state index contributed by atoms with van der Waals surface area (Å²) in [4.78, 5) is 16.4. The maximum atomic E-state index is 11.7. The Morgan fingerprint density at radius 1 is 1.17 bits per heavy atom. The molecule has 0 bridgehead atoms. The van der Waals surface area contributed by atoms with Crippen LogP contribution in [-0.2, 0) is 6.42 Å². The van der Waals surface area contributed by atoms with Gasteiger partial charge in [0.1, 0.15) is 5.75 Å². The van der Waals surface area contributed by atoms with Crippen LogP contribution < -0.4 is 4.74 Å². The fraction of sp³-hybridized carbons (Fsp3) is 0.158. The SMILES string of the molecule is CCc1cccc2c(C(=O)O)cc(-c3cccc(OC)c3)nc12. The van der Waals surface area contributed by atoms with Gasteiger partial charge in [-0.2, -0.15) is 0 Å². The van der Waals surface area contributed by atoms with Gasteiger partial charge in [-0.25, -0.2) is 9.78 Å². The van der Waals surface area contributed by atoms with E-state index in [0.717, 1.165) is 23.1 Å². The van der Waals surface area contributed by atoms with Gasteiger partial charge in [0, 0.05) is 10.9 Å². The summed E-state index contributed by atoms with van der Waals surface area (Å²) < 4.78 is 5.24. The highest BCUT2D eigenvalue weighted by Gasteiger charge is 2.14. The van der Waals surface area contributed by atoms with Crippen molar-refractivity contribution in [2.75, 3.05) is 7.11 Å². The predicted molar refractivity (Wildman–Crippen MR) is 90.1 cm³/mol. The van der Waals surface area contributed by atoms with Gasteiger partial charge in [0.25, 0.3) is 0 Å². The molecular weight excluding hydrogens is 290 g/mol. The first-order valence-electron chi connectivity index (χ1n) is 7.44. The molecule has 1 N–H and O–H groups in total. The molecule has 0 aliphatic heterocycles. The molecular formula is C19H17NO3. The first-order chi connectivity index (χ1) is 11.1. The molecule has 1 aromatic heterocycles. The van der Waals surface area contributed by atoms with E-state index in [1.165, 1.54) is 0 Å². The van der Waals surface area contributed by atoms with Gasteiger partial charge in [0.2, 0.25) is 0 Å². The van der Waals surface area contributed by atoms with Crippen molar-refractivity contribution < 1.29 is 14.6 Å². The molecule has 1 heterocycles. The number of rotatable bonds is 4. The van der Waals surface area contributed by atoms with E-state index in [1.54, 1.807) is 19.2 Å². The second kappa shape index (κ2) is 6.08. The van der Waals surface area contributed by atoms with Gasteiger partial charge in [-0.1, -0.05) is 37.3 Å². The lowest BCUT2D eigenvalue weighted by Gasteiger charge is -2.10. The number of fused-ring (bicyclic) bond motifs is 1. The van der Waals surface area contributed by atoms with Crippen molar-refractivity contribution in [3.8, 4) is 17.0 Å². The van der Waals surface area contributed by atoms with Gasteiger partial charge in [-0.15, -0.1) is 0 Å². The minimum Gasteiger partial charge on any atom is -0.497 e. The van der Waals surface area contributed by atoms with Crippen molar-refractivity contribution in [3.63, 3.8) is 0 Å². The maximum Gasteiger partial charge on any atom is 0.336 e. The number of carbonyl (C=O) groups is 1. The van der Waals surface area contributed by atoms with Crippen molar-refractivity contribution >= 4 is 16.9 Å². The minimum atomic E-state index is -0.949. The number of carboxylic acids is 1. The first kappa shape index (κ1) is 15.0. The second-order valence-corrected chi connectivity index (χ2v) is 5.26. The van der Waals surface area contributed by atoms with Crippen LogP contribution in [0.4, 0.5) is 0 Å². The van der Waals surface area contributed by atoms with Crippen LogP contribution in [0.2, 0.25) is 0 Å². The molecule has 0 aliphatic rings. The lowest BCUT2D eigenvalue weighted by molar-refractivity contribution is 0.0699. The zero-order valence-electron chi connectivity index (χ0n) is 13.0. The van der Waals surface area contributed by atoms with Crippen LogP contribution in [0.25, 0.3) is 22.2 Å². The normalized spacial score (nSPS) is 10.7. The average Bonchev–Trinajstić information content (AvgIpc) is 2.60. The van der Waals surface area contributed by atoms with Crippen LogP contribution in [0, 0.1) is 0 Å². The number of methoxy groups -OCH3 is 1. The molecule has 4 nitrogen and oxygen atoms in total. The Balaban J connectivity index is 2.31. The molecule has 0 spiro atoms. The van der Waals surface area contributed by atoms with E-state index in [0.29, 0.717) is 16.8 Å². The van der Waals surface area contributed by atoms with Crippen molar-refractivity contribution in [2.45, 2.75) is 13.3 Å². The summed E-state index contributed by atoms with van der Waals surface area (Å²) in [6.07, 6.45) is 0.797. The Morgan fingerprint density at radius 2 is 1.96 bits per heavy atom. The van der Waals surface area contributed by atoms with Crippen LogP contribution >= 0.6 is 0 Å². The Kier molecular flexibility index (Phi) is 3.98. The van der Waals surface area contributed by atoms with Gasteiger partial charge in [-0.3, -0.25) is 0 Å². The number of benzene rings is 2. The molecule has 0 saturated carbocycles. The third kappa shape index (κ3) is 2.75. The largest absolute Gasteiger partial charge is 0.497 e. The first-order valence-corrected chi connectivity index (χ1v) is 7.44. The minimum absolute atomic E-state index is 0.267. The molecule has 0 unspecified atom stereocenters. The van der Waals surface area contributed by atoms with Crippen molar-refractivity contribution in [1.29, 1.82) is 0 Å². The topological polar surface area (TPSA) is 59.4 Å². The number of hydrogen-bond acceptors (Lipinski definition) is 3. The number of carboxylic acid groups (broad SMARTS) is 1. The Labute approximate surface area is 134 Å². The Morgan fingerprint density at radius 3 is 2.65 bits per heavy atom. The van der Waals surface area contributed by atoms with Gasteiger partial charge in [-0.05, 0) is 30.2 Å². The molecule has 3 rings (SSSR count). The monoisotopic (exact) mass is 307 g/mol. The summed E-state index contributed by atoms with van der Waals surface area (Å²) in [7, 11) is 1.60. The van der Waals surface area contributed by atoms with Crippen molar-refractivity contribution in [1.82, 2.24) is 4.98 Å². The molecule has 0 amide bonds. The van der Waals surface area contributed by atoms with Gasteiger partial charge in [0.15, 0.2) is 0 Å². The Bertz CT molecular complexity index is 887. The lowest BCUT2D eigenvalue weighted by Crippen LogP contribution is -2.02. The zero-order valence-corrected chi connectivity index (χ0v) is 13.0. The number of aromatic carboxylic acids is 1. The zero-order chi connectivity index (χ0) is 16.4. The Hall–Kier alpha value is -2.88. The highest BCUT2D eigenvalue weighted by molar-refractivity contribution is 6.04. The van der Waals surface area contributed by atoms with E-state index in [9.17, 15) is 9.90 Å². The number of pyridine rings is 1. The number of ether oxygens (including phenoxy) is 1. The molecule has 0 aliphatic carbocycles. The van der Waals surface area contributed by atoms with E-state index in [-0.39, 0.29) is 5.56 Å². The number of aryl methyl sites for hydroxylation is 1. The predicted octanol–water partition coefficient (Wildman–Crippen LogP) is 4.17. The molecule has 0 radical (unpaired) electrons. The van der Waals surface area contributed by atoms with Crippen LogP contribution in [-0.4, -0.2) is 23.2 Å². The third-order valence-electron chi connectivity index (χ3n) is 3.90. The number of nitrogens with zero attached hydrogens (tertiary/aromatic N) is 1. The number of aromatic nitrogens is 1. The standard InChI is InChI=1S/C19H17NO3/c1-3-12-6-5-9-15-16(19(21)22)11-17(20-18(12)15)13-7-4-8-14(10-13)23-2/h4-11H,3H2,1-2H3,(H,21,22). The average molecular weight is 307 g/mol. The molecule has 2 aromatic carbocycles. The van der Waals surface area contributed by atoms with Crippen molar-refractivity contribution in [3.05, 3.63) is 59.7 Å². The summed E-state index contributed by atoms with van der Waals surface area (Å²) in [5.74, 6) is -0.236. The molecule has 0 atom stereocenters. The maximum absolute atomic E-state index is 11.7. The van der Waals surface area contributed by atoms with E-state index in [1.807, 2.05) is 43.3 Å². The molecule has 0 saturated heterocycles. The molecule has 23 heavy (non-hydrogen) atoms. The fourth-order valence-corrected chi connectivity index (χ4v) is 2.70. The van der Waals surface area contributed by atoms with Gasteiger partial charge >= 0.3 is 5.97 Å². The highest BCUT2D eigenvalue weighted by Crippen LogP contribution is 2.29. The fourth-order valence-electron chi connectivity index (χ4n) is 2.70. The number of para-hydroxylation sites is 1. The van der Waals surface area contributed by atoms with Crippen LogP contribution in [0.5, 0.6) is 5.75 Å². The summed E-state index contributed by atoms with van der Waals surface area (Å²) in [6, 6.07) is 14.8. The van der Waals surface area contributed by atoms with E-state index in [4.69, 9.17) is 9.72 Å². The summed E-state index contributed by atoms with van der Waals surface area (Å²) >= 11 is 0. The summed E-state index contributed by atoms with van der Waals surface area (Å²) in [5.41, 5.74) is 3.51. The molecule has 0 fully saturated rings. The second-order valence-electron chi connectivity index (χ2n) is 5.26. The van der Waals surface area contributed by atoms with E-state index in [2.05, 4.69) is 0 Å².